The number of nitrogens with zero attached hydrogens (tertiary/aromatic N) is 2. The van der Waals surface area contributed by atoms with Gasteiger partial charge in [-0.05, 0) is 50.1 Å². The molecule has 3 heterocycles. The van der Waals surface area contributed by atoms with Gasteiger partial charge in [-0.15, -0.1) is 0 Å². The molecule has 0 spiro atoms. The number of aliphatic carboxylic acids is 1. The van der Waals surface area contributed by atoms with Gasteiger partial charge in [-0.3, -0.25) is 14.5 Å². The van der Waals surface area contributed by atoms with Crippen LogP contribution in [0.3, 0.4) is 0 Å². The summed E-state index contributed by atoms with van der Waals surface area (Å²) in [5.41, 5.74) is 3.89. The third-order valence-corrected chi connectivity index (χ3v) is 6.39. The Balaban J connectivity index is 1.59. The second-order valence-corrected chi connectivity index (χ2v) is 8.71. The molecule has 1 fully saturated rings. The molecule has 1 saturated heterocycles. The predicted molar refractivity (Wildman–Crippen MR) is 118 cm³/mol. The zero-order chi connectivity index (χ0) is 21.4. The lowest BCUT2D eigenvalue weighted by atomic mass is 10.2. The lowest BCUT2D eigenvalue weighted by Crippen LogP contribution is -2.29. The predicted octanol–water partition coefficient (Wildman–Crippen LogP) is 3.89. The van der Waals surface area contributed by atoms with E-state index in [-0.39, 0.29) is 19.1 Å². The Hall–Kier alpha value is -2.78. The number of thiocarbonyl (C=S) groups is 1. The van der Waals surface area contributed by atoms with Gasteiger partial charge >= 0.3 is 5.97 Å². The van der Waals surface area contributed by atoms with Crippen LogP contribution in [0.4, 0.5) is 0 Å². The highest BCUT2D eigenvalue weighted by atomic mass is 32.2. The number of carbonyl (C=O) groups excluding carboxylic acids is 1. The van der Waals surface area contributed by atoms with E-state index in [0.29, 0.717) is 27.9 Å². The largest absolute Gasteiger partial charge is 0.481 e. The van der Waals surface area contributed by atoms with Crippen LogP contribution in [0.5, 0.6) is 11.5 Å². The van der Waals surface area contributed by atoms with Crippen molar-refractivity contribution < 1.29 is 24.2 Å². The monoisotopic (exact) mass is 444 g/mol. The van der Waals surface area contributed by atoms with Crippen LogP contribution in [-0.2, 0) is 9.59 Å². The number of hydrogen-bond acceptors (Lipinski definition) is 6. The van der Waals surface area contributed by atoms with Gasteiger partial charge in [0.15, 0.2) is 11.5 Å². The van der Waals surface area contributed by atoms with Gasteiger partial charge in [0.1, 0.15) is 4.32 Å². The van der Waals surface area contributed by atoms with E-state index in [1.54, 1.807) is 0 Å². The lowest BCUT2D eigenvalue weighted by Gasteiger charge is -2.13. The number of benzene rings is 1. The molecule has 1 N–H and O–H groups in total. The number of rotatable bonds is 6. The van der Waals surface area contributed by atoms with Crippen molar-refractivity contribution in [1.82, 2.24) is 9.47 Å². The Morgan fingerprint density at radius 1 is 1.27 bits per heavy atom. The molecule has 2 aromatic rings. The SMILES string of the molecule is Cc1cc(/C=C2\SC(=S)N(CCCC(=O)O)C2=O)c(C)n1-c1ccc2c(c1)OCO2. The van der Waals surface area contributed by atoms with E-state index in [1.165, 1.54) is 16.7 Å². The van der Waals surface area contributed by atoms with Crippen molar-refractivity contribution in [2.45, 2.75) is 26.7 Å². The minimum Gasteiger partial charge on any atom is -0.481 e. The Morgan fingerprint density at radius 3 is 2.80 bits per heavy atom. The third kappa shape index (κ3) is 3.82. The summed E-state index contributed by atoms with van der Waals surface area (Å²) >= 11 is 6.57. The number of amides is 1. The number of carboxylic acid groups (broad SMARTS) is 1. The summed E-state index contributed by atoms with van der Waals surface area (Å²) in [6.45, 7) is 4.54. The summed E-state index contributed by atoms with van der Waals surface area (Å²) in [5, 5.41) is 8.80. The van der Waals surface area contributed by atoms with Crippen molar-refractivity contribution in [1.29, 1.82) is 0 Å². The van der Waals surface area contributed by atoms with Crippen LogP contribution in [0.1, 0.15) is 29.8 Å². The van der Waals surface area contributed by atoms with Gasteiger partial charge in [0.25, 0.3) is 5.91 Å². The summed E-state index contributed by atoms with van der Waals surface area (Å²) < 4.78 is 13.4. The normalized spacial score (nSPS) is 16.7. The first-order chi connectivity index (χ1) is 14.3. The molecule has 0 atom stereocenters. The van der Waals surface area contributed by atoms with Crippen LogP contribution >= 0.6 is 24.0 Å². The molecule has 1 aromatic carbocycles. The smallest absolute Gasteiger partial charge is 0.303 e. The molecule has 4 rings (SSSR count). The second kappa shape index (κ2) is 8.16. The van der Waals surface area contributed by atoms with Crippen LogP contribution in [-0.4, -0.2) is 44.1 Å². The minimum atomic E-state index is -0.882. The van der Waals surface area contributed by atoms with Crippen LogP contribution in [0, 0.1) is 13.8 Å². The molecule has 0 aliphatic carbocycles. The summed E-state index contributed by atoms with van der Waals surface area (Å²) in [6, 6.07) is 7.82. The van der Waals surface area contributed by atoms with Crippen molar-refractivity contribution in [3.05, 3.63) is 46.1 Å². The number of aryl methyl sites for hydroxylation is 1. The van der Waals surface area contributed by atoms with Crippen LogP contribution < -0.4 is 9.47 Å². The van der Waals surface area contributed by atoms with Gasteiger partial charge in [-0.1, -0.05) is 24.0 Å². The molecule has 7 nitrogen and oxygen atoms in total. The Labute approximate surface area is 183 Å². The molecule has 9 heteroatoms. The van der Waals surface area contributed by atoms with E-state index in [0.717, 1.165) is 28.4 Å². The molecule has 2 aliphatic rings. The minimum absolute atomic E-state index is 0.00674. The van der Waals surface area contributed by atoms with Crippen LogP contribution in [0.25, 0.3) is 11.8 Å². The van der Waals surface area contributed by atoms with E-state index in [1.807, 2.05) is 44.2 Å². The van der Waals surface area contributed by atoms with Crippen molar-refractivity contribution in [2.75, 3.05) is 13.3 Å². The first-order valence-corrected chi connectivity index (χ1v) is 10.6. The fourth-order valence-electron chi connectivity index (χ4n) is 3.58. The average molecular weight is 445 g/mol. The molecule has 156 valence electrons. The van der Waals surface area contributed by atoms with Crippen molar-refractivity contribution >= 4 is 46.3 Å². The molecular formula is C21H20N2O5S2. The molecule has 0 bridgehead atoms. The molecule has 0 unspecified atom stereocenters. The maximum Gasteiger partial charge on any atom is 0.303 e. The zero-order valence-electron chi connectivity index (χ0n) is 16.5. The Morgan fingerprint density at radius 2 is 2.03 bits per heavy atom. The lowest BCUT2D eigenvalue weighted by molar-refractivity contribution is -0.137. The van der Waals surface area contributed by atoms with Gasteiger partial charge in [-0.2, -0.15) is 0 Å². The van der Waals surface area contributed by atoms with Crippen molar-refractivity contribution in [3.8, 4) is 17.2 Å². The second-order valence-electron chi connectivity index (χ2n) is 7.03. The fourth-order valence-corrected chi connectivity index (χ4v) is 4.88. The van der Waals surface area contributed by atoms with Gasteiger partial charge in [0, 0.05) is 36.1 Å². The highest BCUT2D eigenvalue weighted by Crippen LogP contribution is 2.36. The molecule has 0 saturated carbocycles. The van der Waals surface area contributed by atoms with Crippen molar-refractivity contribution in [2.24, 2.45) is 0 Å². The average Bonchev–Trinajstić information content (AvgIpc) is 3.34. The molecule has 1 aromatic heterocycles. The zero-order valence-corrected chi connectivity index (χ0v) is 18.1. The molecule has 2 aliphatic heterocycles. The van der Waals surface area contributed by atoms with Gasteiger partial charge in [0.05, 0.1) is 4.91 Å². The molecule has 1 amide bonds. The summed E-state index contributed by atoms with van der Waals surface area (Å²) in [4.78, 5) is 25.5. The summed E-state index contributed by atoms with van der Waals surface area (Å²) in [7, 11) is 0. The number of thioether (sulfide) groups is 1. The van der Waals surface area contributed by atoms with E-state index in [2.05, 4.69) is 4.57 Å². The highest BCUT2D eigenvalue weighted by Gasteiger charge is 2.32. The third-order valence-electron chi connectivity index (χ3n) is 5.02. The maximum absolute atomic E-state index is 12.8. The highest BCUT2D eigenvalue weighted by molar-refractivity contribution is 8.26. The quantitative estimate of drug-likeness (QED) is 0.535. The first-order valence-electron chi connectivity index (χ1n) is 9.41. The van der Waals surface area contributed by atoms with E-state index >= 15 is 0 Å². The molecule has 0 radical (unpaired) electrons. The van der Waals surface area contributed by atoms with Crippen LogP contribution in [0.2, 0.25) is 0 Å². The number of aromatic nitrogens is 1. The van der Waals surface area contributed by atoms with Gasteiger partial charge in [0.2, 0.25) is 6.79 Å². The summed E-state index contributed by atoms with van der Waals surface area (Å²) in [6.07, 6.45) is 2.22. The topological polar surface area (TPSA) is 81.0 Å². The Kier molecular flexibility index (Phi) is 5.57. The first kappa shape index (κ1) is 20.5. The van der Waals surface area contributed by atoms with Gasteiger partial charge < -0.3 is 19.1 Å². The molecule has 30 heavy (non-hydrogen) atoms. The number of carbonyl (C=O) groups is 2. The van der Waals surface area contributed by atoms with E-state index in [9.17, 15) is 9.59 Å². The Bertz CT molecular complexity index is 1090. The number of carboxylic acids is 1. The number of fused-ring (bicyclic) bond motifs is 1. The number of ether oxygens (including phenoxy) is 2. The van der Waals surface area contributed by atoms with E-state index < -0.39 is 5.97 Å². The molecular weight excluding hydrogens is 424 g/mol. The van der Waals surface area contributed by atoms with E-state index in [4.69, 9.17) is 26.8 Å². The summed E-state index contributed by atoms with van der Waals surface area (Å²) in [5.74, 6) is 0.381. The number of hydrogen-bond donors (Lipinski definition) is 1. The van der Waals surface area contributed by atoms with Gasteiger partial charge in [-0.25, -0.2) is 0 Å². The standard InChI is InChI=1S/C21H20N2O5S2/c1-12-8-14(9-18-20(26)22(21(29)30-18)7-3-4-19(24)25)13(2)23(12)15-5-6-16-17(10-15)28-11-27-16/h5-6,8-10H,3-4,7,11H2,1-2H3,(H,24,25)/b18-9-. The van der Waals surface area contributed by atoms with Crippen LogP contribution in [0.15, 0.2) is 29.2 Å². The maximum atomic E-state index is 12.8. The fraction of sp³-hybridized carbons (Fsp3) is 0.286. The van der Waals surface area contributed by atoms with Crippen molar-refractivity contribution in [3.63, 3.8) is 0 Å².